The van der Waals surface area contributed by atoms with Crippen LogP contribution in [0.2, 0.25) is 0 Å². The minimum atomic E-state index is 0.315. The van der Waals surface area contributed by atoms with Crippen LogP contribution in [0.5, 0.6) is 0 Å². The number of hydrogen-bond donors (Lipinski definition) is 1. The predicted octanol–water partition coefficient (Wildman–Crippen LogP) is 1.03. The first kappa shape index (κ1) is 9.21. The lowest BCUT2D eigenvalue weighted by atomic mass is 10.2. The highest BCUT2D eigenvalue weighted by atomic mass is 15.1. The van der Waals surface area contributed by atoms with Crippen molar-refractivity contribution in [3.63, 3.8) is 0 Å². The molecule has 15 heavy (non-hydrogen) atoms. The van der Waals surface area contributed by atoms with Crippen LogP contribution in [0.4, 0.5) is 5.69 Å². The topological polar surface area (TPSA) is 80.5 Å². The van der Waals surface area contributed by atoms with E-state index in [1.165, 1.54) is 0 Å². The molecule has 5 heteroatoms. The summed E-state index contributed by atoms with van der Waals surface area (Å²) < 4.78 is 1.63. The number of nitriles is 1. The van der Waals surface area contributed by atoms with Gasteiger partial charge in [-0.3, -0.25) is 4.57 Å². The first-order chi connectivity index (χ1) is 7.22. The fourth-order valence-corrected chi connectivity index (χ4v) is 1.40. The van der Waals surface area contributed by atoms with Gasteiger partial charge in [-0.2, -0.15) is 5.26 Å². The Labute approximate surface area is 86.8 Å². The van der Waals surface area contributed by atoms with E-state index in [0.717, 1.165) is 5.56 Å². The van der Waals surface area contributed by atoms with Crippen molar-refractivity contribution in [3.05, 3.63) is 36.0 Å². The van der Waals surface area contributed by atoms with E-state index in [9.17, 15) is 0 Å². The quantitative estimate of drug-likeness (QED) is 0.743. The first-order valence-corrected chi connectivity index (χ1v) is 4.38. The summed E-state index contributed by atoms with van der Waals surface area (Å²) in [5, 5.41) is 8.83. The second-order valence-corrected chi connectivity index (χ2v) is 3.14. The molecule has 0 saturated carbocycles. The zero-order valence-corrected chi connectivity index (χ0v) is 8.18. The largest absolute Gasteiger partial charge is 0.397 e. The standard InChI is InChI=1S/C10H9N5/c1-7-4-8(12)6-14-10(7)15-3-2-13-9(15)5-11/h2-4,6H,12H2,1H3. The van der Waals surface area contributed by atoms with Crippen molar-refractivity contribution in [2.24, 2.45) is 0 Å². The molecule has 0 aliphatic carbocycles. The van der Waals surface area contributed by atoms with Gasteiger partial charge in [-0.25, -0.2) is 9.97 Å². The summed E-state index contributed by atoms with van der Waals surface area (Å²) in [6, 6.07) is 3.81. The maximum absolute atomic E-state index is 8.83. The van der Waals surface area contributed by atoms with Gasteiger partial charge in [0.25, 0.3) is 0 Å². The van der Waals surface area contributed by atoms with Gasteiger partial charge in [-0.1, -0.05) is 0 Å². The van der Waals surface area contributed by atoms with Crippen LogP contribution < -0.4 is 5.73 Å². The van der Waals surface area contributed by atoms with Crippen molar-refractivity contribution in [1.82, 2.24) is 14.5 Å². The highest BCUT2D eigenvalue weighted by molar-refractivity contribution is 5.46. The van der Waals surface area contributed by atoms with Gasteiger partial charge in [0.1, 0.15) is 11.9 Å². The third kappa shape index (κ3) is 1.53. The summed E-state index contributed by atoms with van der Waals surface area (Å²) in [6.45, 7) is 1.89. The minimum Gasteiger partial charge on any atom is -0.397 e. The predicted molar refractivity (Wildman–Crippen MR) is 55.2 cm³/mol. The maximum Gasteiger partial charge on any atom is 0.218 e. The van der Waals surface area contributed by atoms with Gasteiger partial charge >= 0.3 is 0 Å². The van der Waals surface area contributed by atoms with Crippen LogP contribution in [0.1, 0.15) is 11.4 Å². The molecule has 0 radical (unpaired) electrons. The molecule has 0 fully saturated rings. The lowest BCUT2D eigenvalue weighted by molar-refractivity contribution is 0.953. The van der Waals surface area contributed by atoms with E-state index in [-0.39, 0.29) is 0 Å². The molecule has 5 nitrogen and oxygen atoms in total. The zero-order valence-electron chi connectivity index (χ0n) is 8.18. The lowest BCUT2D eigenvalue weighted by Gasteiger charge is -2.06. The van der Waals surface area contributed by atoms with E-state index in [1.807, 2.05) is 19.1 Å². The highest BCUT2D eigenvalue weighted by Gasteiger charge is 2.07. The number of aromatic nitrogens is 3. The number of nitrogen functional groups attached to an aromatic ring is 1. The molecule has 0 aliphatic rings. The monoisotopic (exact) mass is 199 g/mol. The molecule has 2 rings (SSSR count). The van der Waals surface area contributed by atoms with Crippen molar-refractivity contribution in [2.75, 3.05) is 5.73 Å². The Morgan fingerprint density at radius 2 is 2.27 bits per heavy atom. The van der Waals surface area contributed by atoms with Crippen molar-refractivity contribution in [3.8, 4) is 11.9 Å². The van der Waals surface area contributed by atoms with Crippen molar-refractivity contribution >= 4 is 5.69 Å². The highest BCUT2D eigenvalue weighted by Crippen LogP contribution is 2.14. The summed E-state index contributed by atoms with van der Waals surface area (Å²) in [6.07, 6.45) is 4.82. The van der Waals surface area contributed by atoms with Crippen LogP contribution in [-0.2, 0) is 0 Å². The molecular formula is C10H9N5. The van der Waals surface area contributed by atoms with Crippen LogP contribution in [-0.4, -0.2) is 14.5 Å². The molecule has 2 N–H and O–H groups in total. The Bertz CT molecular complexity index is 535. The van der Waals surface area contributed by atoms with Crippen LogP contribution in [0.25, 0.3) is 5.82 Å². The Balaban J connectivity index is 2.60. The lowest BCUT2D eigenvalue weighted by Crippen LogP contribution is -2.03. The van der Waals surface area contributed by atoms with Crippen LogP contribution in [0.15, 0.2) is 24.7 Å². The number of aryl methyl sites for hydroxylation is 1. The molecule has 2 heterocycles. The second kappa shape index (κ2) is 3.42. The number of nitrogens with two attached hydrogens (primary N) is 1. The number of nitrogens with zero attached hydrogens (tertiary/aromatic N) is 4. The van der Waals surface area contributed by atoms with Gasteiger partial charge in [-0.05, 0) is 18.6 Å². The molecule has 0 unspecified atom stereocenters. The Hall–Kier alpha value is -2.35. The number of rotatable bonds is 1. The summed E-state index contributed by atoms with van der Waals surface area (Å²) in [5.41, 5.74) is 7.11. The van der Waals surface area contributed by atoms with E-state index in [1.54, 1.807) is 23.2 Å². The summed E-state index contributed by atoms with van der Waals surface area (Å²) in [7, 11) is 0. The Morgan fingerprint density at radius 3 is 2.93 bits per heavy atom. The fourth-order valence-electron chi connectivity index (χ4n) is 1.40. The molecule has 0 aromatic carbocycles. The fraction of sp³-hybridized carbons (Fsp3) is 0.100. The third-order valence-electron chi connectivity index (χ3n) is 2.04. The molecule has 0 spiro atoms. The van der Waals surface area contributed by atoms with Gasteiger partial charge in [0.15, 0.2) is 0 Å². The molecule has 0 bridgehead atoms. The van der Waals surface area contributed by atoms with E-state index >= 15 is 0 Å². The van der Waals surface area contributed by atoms with Crippen molar-refractivity contribution in [2.45, 2.75) is 6.92 Å². The normalized spacial score (nSPS) is 9.87. The zero-order chi connectivity index (χ0) is 10.8. The smallest absolute Gasteiger partial charge is 0.218 e. The molecular weight excluding hydrogens is 190 g/mol. The third-order valence-corrected chi connectivity index (χ3v) is 2.04. The van der Waals surface area contributed by atoms with Crippen LogP contribution >= 0.6 is 0 Å². The molecule has 0 saturated heterocycles. The van der Waals surface area contributed by atoms with Crippen molar-refractivity contribution in [1.29, 1.82) is 5.26 Å². The van der Waals surface area contributed by atoms with Gasteiger partial charge in [0.05, 0.1) is 11.9 Å². The number of hydrogen-bond acceptors (Lipinski definition) is 4. The molecule has 0 aliphatic heterocycles. The van der Waals surface area contributed by atoms with E-state index in [4.69, 9.17) is 11.0 Å². The van der Waals surface area contributed by atoms with E-state index < -0.39 is 0 Å². The number of anilines is 1. The Kier molecular flexibility index (Phi) is 2.10. The summed E-state index contributed by atoms with van der Waals surface area (Å²) >= 11 is 0. The molecule has 0 amide bonds. The number of pyridine rings is 1. The van der Waals surface area contributed by atoms with Gasteiger partial charge < -0.3 is 5.73 Å². The van der Waals surface area contributed by atoms with E-state index in [2.05, 4.69) is 9.97 Å². The van der Waals surface area contributed by atoms with Gasteiger partial charge in [0, 0.05) is 12.4 Å². The second-order valence-electron chi connectivity index (χ2n) is 3.14. The maximum atomic E-state index is 8.83. The average molecular weight is 199 g/mol. The average Bonchev–Trinajstić information content (AvgIpc) is 2.65. The van der Waals surface area contributed by atoms with Crippen LogP contribution in [0.3, 0.4) is 0 Å². The van der Waals surface area contributed by atoms with E-state index in [0.29, 0.717) is 17.3 Å². The van der Waals surface area contributed by atoms with Crippen LogP contribution in [0, 0.1) is 18.3 Å². The van der Waals surface area contributed by atoms with Crippen molar-refractivity contribution < 1.29 is 0 Å². The molecule has 2 aromatic heterocycles. The molecule has 74 valence electrons. The Morgan fingerprint density at radius 1 is 1.47 bits per heavy atom. The molecule has 0 atom stereocenters. The SMILES string of the molecule is Cc1cc(N)cnc1-n1ccnc1C#N. The van der Waals surface area contributed by atoms with Gasteiger partial charge in [-0.15, -0.1) is 0 Å². The van der Waals surface area contributed by atoms with Gasteiger partial charge in [0.2, 0.25) is 5.82 Å². The summed E-state index contributed by atoms with van der Waals surface area (Å²) in [5.74, 6) is 0.994. The summed E-state index contributed by atoms with van der Waals surface area (Å²) in [4.78, 5) is 8.08. The first-order valence-electron chi connectivity index (χ1n) is 4.38. The molecule has 2 aromatic rings. The minimum absolute atomic E-state index is 0.315. The number of imidazole rings is 1.